The first-order valence-electron chi connectivity index (χ1n) is 9.43. The average Bonchev–Trinajstić information content (AvgIpc) is 2.67. The average molecular weight is 402 g/mol. The van der Waals surface area contributed by atoms with Crippen LogP contribution in [0.25, 0.3) is 0 Å². The number of benzene rings is 2. The predicted octanol–water partition coefficient (Wildman–Crippen LogP) is 3.79. The van der Waals surface area contributed by atoms with Crippen LogP contribution in [0, 0.1) is 12.3 Å². The number of anilines is 1. The summed E-state index contributed by atoms with van der Waals surface area (Å²) in [6.45, 7) is 6.75. The van der Waals surface area contributed by atoms with Crippen molar-refractivity contribution in [3.8, 4) is 0 Å². The second kappa shape index (κ2) is 9.71. The molecule has 1 fully saturated rings. The Labute approximate surface area is 172 Å². The van der Waals surface area contributed by atoms with Gasteiger partial charge in [-0.15, -0.1) is 12.4 Å². The van der Waals surface area contributed by atoms with Crippen LogP contribution in [0.4, 0.5) is 5.69 Å². The van der Waals surface area contributed by atoms with Gasteiger partial charge in [0.1, 0.15) is 0 Å². The highest BCUT2D eigenvalue weighted by molar-refractivity contribution is 6.09. The molecule has 1 aliphatic heterocycles. The zero-order valence-corrected chi connectivity index (χ0v) is 17.2. The summed E-state index contributed by atoms with van der Waals surface area (Å²) in [4.78, 5) is 25.3. The Morgan fingerprint density at radius 3 is 2.46 bits per heavy atom. The van der Waals surface area contributed by atoms with Gasteiger partial charge in [0, 0.05) is 12.1 Å². The van der Waals surface area contributed by atoms with Crippen molar-refractivity contribution in [2.45, 2.75) is 26.7 Å². The highest BCUT2D eigenvalue weighted by Crippen LogP contribution is 2.27. The van der Waals surface area contributed by atoms with E-state index >= 15 is 0 Å². The van der Waals surface area contributed by atoms with Crippen LogP contribution in [-0.4, -0.2) is 31.4 Å². The van der Waals surface area contributed by atoms with Crippen LogP contribution in [0.15, 0.2) is 48.5 Å². The molecule has 3 rings (SSSR count). The summed E-state index contributed by atoms with van der Waals surface area (Å²) in [5.41, 5.74) is 2.71. The molecule has 0 unspecified atom stereocenters. The van der Waals surface area contributed by atoms with Crippen molar-refractivity contribution < 1.29 is 9.59 Å². The first kappa shape index (κ1) is 21.9. The molecule has 0 radical (unpaired) electrons. The lowest BCUT2D eigenvalue weighted by Crippen LogP contribution is -2.43. The minimum atomic E-state index is -0.218. The van der Waals surface area contributed by atoms with E-state index in [1.165, 1.54) is 0 Å². The highest BCUT2D eigenvalue weighted by atomic mass is 35.5. The molecule has 1 aliphatic rings. The number of nitrogens with one attached hydrogen (secondary N) is 3. The van der Waals surface area contributed by atoms with Crippen molar-refractivity contribution in [2.75, 3.05) is 25.0 Å². The van der Waals surface area contributed by atoms with E-state index < -0.39 is 0 Å². The van der Waals surface area contributed by atoms with Crippen LogP contribution in [0.2, 0.25) is 0 Å². The number of carbonyl (C=O) groups is 2. The summed E-state index contributed by atoms with van der Waals surface area (Å²) >= 11 is 0. The van der Waals surface area contributed by atoms with Gasteiger partial charge in [0.25, 0.3) is 11.8 Å². The molecule has 150 valence electrons. The van der Waals surface area contributed by atoms with E-state index in [1.54, 1.807) is 18.2 Å². The Morgan fingerprint density at radius 2 is 1.75 bits per heavy atom. The van der Waals surface area contributed by atoms with Gasteiger partial charge in [0.2, 0.25) is 0 Å². The van der Waals surface area contributed by atoms with Gasteiger partial charge in [0.15, 0.2) is 0 Å². The lowest BCUT2D eigenvalue weighted by molar-refractivity contribution is 0.0923. The number of aryl methyl sites for hydroxylation is 1. The number of para-hydroxylation sites is 1. The van der Waals surface area contributed by atoms with E-state index in [0.717, 1.165) is 31.5 Å². The third kappa shape index (κ3) is 5.57. The predicted molar refractivity (Wildman–Crippen MR) is 115 cm³/mol. The van der Waals surface area contributed by atoms with Crippen LogP contribution in [0.1, 0.15) is 46.0 Å². The molecule has 5 nitrogen and oxygen atoms in total. The molecule has 0 bridgehead atoms. The van der Waals surface area contributed by atoms with E-state index in [2.05, 4.69) is 22.9 Å². The van der Waals surface area contributed by atoms with Crippen molar-refractivity contribution in [3.05, 3.63) is 65.2 Å². The summed E-state index contributed by atoms with van der Waals surface area (Å²) in [6, 6.07) is 14.5. The molecule has 3 N–H and O–H groups in total. The molecule has 2 aromatic rings. The van der Waals surface area contributed by atoms with Gasteiger partial charge < -0.3 is 16.0 Å². The molecule has 0 atom stereocenters. The van der Waals surface area contributed by atoms with E-state index in [0.29, 0.717) is 23.4 Å². The Kier molecular flexibility index (Phi) is 7.61. The monoisotopic (exact) mass is 401 g/mol. The Morgan fingerprint density at radius 1 is 1.04 bits per heavy atom. The smallest absolute Gasteiger partial charge is 0.255 e. The molecule has 2 amide bonds. The maximum atomic E-state index is 12.7. The fourth-order valence-electron chi connectivity index (χ4n) is 3.37. The molecular formula is C22H28ClN3O2. The van der Waals surface area contributed by atoms with Crippen LogP contribution in [0.3, 0.4) is 0 Å². The van der Waals surface area contributed by atoms with Gasteiger partial charge in [-0.1, -0.05) is 36.8 Å². The fourth-order valence-corrected chi connectivity index (χ4v) is 3.37. The summed E-state index contributed by atoms with van der Waals surface area (Å²) < 4.78 is 0. The number of hydrogen-bond donors (Lipinski definition) is 3. The quantitative estimate of drug-likeness (QED) is 0.713. The molecule has 1 saturated heterocycles. The normalized spacial score (nSPS) is 15.2. The van der Waals surface area contributed by atoms with Crippen molar-refractivity contribution in [2.24, 2.45) is 5.41 Å². The molecule has 28 heavy (non-hydrogen) atoms. The number of halogens is 1. The standard InChI is InChI=1S/C22H27N3O2.ClH/c1-16-6-5-7-17(14-16)20(26)25-19-9-4-3-8-18(19)21(27)24-15-22(2)10-12-23-13-11-22;/h3-9,14,23H,10-13,15H2,1-2H3,(H,24,27)(H,25,26);1H. The number of piperidine rings is 1. The lowest BCUT2D eigenvalue weighted by atomic mass is 9.81. The van der Waals surface area contributed by atoms with E-state index in [4.69, 9.17) is 0 Å². The summed E-state index contributed by atoms with van der Waals surface area (Å²) in [5.74, 6) is -0.376. The maximum Gasteiger partial charge on any atom is 0.255 e. The molecule has 0 spiro atoms. The molecule has 1 heterocycles. The number of rotatable bonds is 5. The Balaban J connectivity index is 0.00000280. The van der Waals surface area contributed by atoms with Gasteiger partial charge in [-0.3, -0.25) is 9.59 Å². The first-order valence-corrected chi connectivity index (χ1v) is 9.43. The van der Waals surface area contributed by atoms with Crippen molar-refractivity contribution in [3.63, 3.8) is 0 Å². The maximum absolute atomic E-state index is 12.7. The highest BCUT2D eigenvalue weighted by Gasteiger charge is 2.27. The molecule has 0 aliphatic carbocycles. The van der Waals surface area contributed by atoms with Gasteiger partial charge in [-0.25, -0.2) is 0 Å². The van der Waals surface area contributed by atoms with Gasteiger partial charge in [-0.05, 0) is 62.5 Å². The van der Waals surface area contributed by atoms with Gasteiger partial charge in [-0.2, -0.15) is 0 Å². The van der Waals surface area contributed by atoms with Crippen LogP contribution < -0.4 is 16.0 Å². The van der Waals surface area contributed by atoms with Crippen LogP contribution in [0.5, 0.6) is 0 Å². The van der Waals surface area contributed by atoms with Gasteiger partial charge >= 0.3 is 0 Å². The molecule has 0 saturated carbocycles. The second-order valence-electron chi connectivity index (χ2n) is 7.61. The molecular weight excluding hydrogens is 374 g/mol. The second-order valence-corrected chi connectivity index (χ2v) is 7.61. The summed E-state index contributed by atoms with van der Waals surface area (Å²) in [6.07, 6.45) is 2.08. The number of amides is 2. The van der Waals surface area contributed by atoms with E-state index in [-0.39, 0.29) is 29.6 Å². The zero-order valence-electron chi connectivity index (χ0n) is 16.4. The van der Waals surface area contributed by atoms with Crippen LogP contribution in [-0.2, 0) is 0 Å². The minimum absolute atomic E-state index is 0. The Hall–Kier alpha value is -2.37. The van der Waals surface area contributed by atoms with Gasteiger partial charge in [0.05, 0.1) is 11.3 Å². The molecule has 0 aromatic heterocycles. The SMILES string of the molecule is Cc1cccc(C(=O)Nc2ccccc2C(=O)NCC2(C)CCNCC2)c1.Cl. The first-order chi connectivity index (χ1) is 13.0. The number of carbonyl (C=O) groups excluding carboxylic acids is 2. The largest absolute Gasteiger partial charge is 0.351 e. The number of hydrogen-bond acceptors (Lipinski definition) is 3. The fraction of sp³-hybridized carbons (Fsp3) is 0.364. The molecule has 6 heteroatoms. The van der Waals surface area contributed by atoms with E-state index in [9.17, 15) is 9.59 Å². The summed E-state index contributed by atoms with van der Waals surface area (Å²) in [5, 5.41) is 9.28. The lowest BCUT2D eigenvalue weighted by Gasteiger charge is -2.34. The van der Waals surface area contributed by atoms with Crippen molar-refractivity contribution >= 4 is 29.9 Å². The third-order valence-corrected chi connectivity index (χ3v) is 5.19. The van der Waals surface area contributed by atoms with E-state index in [1.807, 2.05) is 37.3 Å². The van der Waals surface area contributed by atoms with Crippen LogP contribution >= 0.6 is 12.4 Å². The Bertz CT molecular complexity index is 832. The summed E-state index contributed by atoms with van der Waals surface area (Å²) in [7, 11) is 0. The third-order valence-electron chi connectivity index (χ3n) is 5.19. The van der Waals surface area contributed by atoms with Crippen molar-refractivity contribution in [1.29, 1.82) is 0 Å². The van der Waals surface area contributed by atoms with Crippen molar-refractivity contribution in [1.82, 2.24) is 10.6 Å². The molecule has 2 aromatic carbocycles. The topological polar surface area (TPSA) is 70.2 Å². The minimum Gasteiger partial charge on any atom is -0.351 e. The zero-order chi connectivity index (χ0) is 19.3.